The molecule has 0 unspecified atom stereocenters. The summed E-state index contributed by atoms with van der Waals surface area (Å²) in [6.07, 6.45) is 1.81. The number of hydrogen-bond donors (Lipinski definition) is 0. The van der Waals surface area contributed by atoms with Gasteiger partial charge in [0.2, 0.25) is 5.28 Å². The number of fused-ring (bicyclic) bond motifs is 3. The lowest BCUT2D eigenvalue weighted by molar-refractivity contribution is 0.628. The van der Waals surface area contributed by atoms with Crippen LogP contribution in [0.25, 0.3) is 27.8 Å². The van der Waals surface area contributed by atoms with E-state index in [1.54, 1.807) is 16.5 Å². The van der Waals surface area contributed by atoms with Crippen LogP contribution in [-0.4, -0.2) is 14.4 Å². The molecule has 4 rings (SSSR count). The van der Waals surface area contributed by atoms with E-state index < -0.39 is 0 Å². The smallest absolute Gasteiger partial charge is 0.209 e. The molecule has 4 aromatic rings. The van der Waals surface area contributed by atoms with Gasteiger partial charge in [-0.2, -0.15) is 0 Å². The van der Waals surface area contributed by atoms with Crippen molar-refractivity contribution in [2.45, 2.75) is 0 Å². The Hall–Kier alpha value is -2.46. The predicted octanol–water partition coefficient (Wildman–Crippen LogP) is 4.34. The summed E-state index contributed by atoms with van der Waals surface area (Å²) in [5, 5.41) is 1.28. The Labute approximate surface area is 124 Å². The first kappa shape index (κ1) is 12.3. The second kappa shape index (κ2) is 4.53. The highest BCUT2D eigenvalue weighted by atomic mass is 35.5. The predicted molar refractivity (Wildman–Crippen MR) is 80.9 cm³/mol. The van der Waals surface area contributed by atoms with E-state index in [2.05, 4.69) is 9.97 Å². The fourth-order valence-corrected chi connectivity index (χ4v) is 2.60. The highest BCUT2D eigenvalue weighted by Gasteiger charge is 2.11. The Bertz CT molecular complexity index is 961. The minimum Gasteiger partial charge on any atom is -0.273 e. The number of rotatable bonds is 1. The van der Waals surface area contributed by atoms with E-state index in [1.807, 2.05) is 30.5 Å². The van der Waals surface area contributed by atoms with Gasteiger partial charge in [-0.05, 0) is 48.0 Å². The molecular formula is C16H9ClFN3. The third kappa shape index (κ3) is 1.96. The normalized spacial score (nSPS) is 11.3. The van der Waals surface area contributed by atoms with Crippen LogP contribution in [0.5, 0.6) is 0 Å². The molecule has 5 heteroatoms. The van der Waals surface area contributed by atoms with Gasteiger partial charge in [-0.3, -0.25) is 4.40 Å². The molecule has 0 bridgehead atoms. The third-order valence-corrected chi connectivity index (χ3v) is 3.67. The van der Waals surface area contributed by atoms with Crippen molar-refractivity contribution in [2.24, 2.45) is 0 Å². The minimum atomic E-state index is -0.271. The van der Waals surface area contributed by atoms with Gasteiger partial charge in [0, 0.05) is 17.1 Å². The molecule has 0 radical (unpaired) electrons. The number of hydrogen-bond acceptors (Lipinski definition) is 2. The van der Waals surface area contributed by atoms with Crippen LogP contribution in [0.2, 0.25) is 5.28 Å². The van der Waals surface area contributed by atoms with E-state index in [9.17, 15) is 4.39 Å². The molecule has 0 amide bonds. The maximum absolute atomic E-state index is 13.0. The van der Waals surface area contributed by atoms with E-state index in [0.717, 1.165) is 27.8 Å². The maximum Gasteiger partial charge on any atom is 0.209 e. The zero-order valence-corrected chi connectivity index (χ0v) is 11.5. The summed E-state index contributed by atoms with van der Waals surface area (Å²) in [5.41, 5.74) is 3.10. The van der Waals surface area contributed by atoms with Crippen LogP contribution in [0.1, 0.15) is 0 Å². The van der Waals surface area contributed by atoms with E-state index in [0.29, 0.717) is 5.28 Å². The zero-order chi connectivity index (χ0) is 14.4. The summed E-state index contributed by atoms with van der Waals surface area (Å²) >= 11 is 6.21. The molecule has 0 aliphatic rings. The molecule has 2 heterocycles. The van der Waals surface area contributed by atoms with Crippen LogP contribution in [0, 0.1) is 5.82 Å². The highest BCUT2D eigenvalue weighted by Crippen LogP contribution is 2.26. The van der Waals surface area contributed by atoms with Crippen LogP contribution < -0.4 is 0 Å². The largest absolute Gasteiger partial charge is 0.273 e. The first-order valence-corrected chi connectivity index (χ1v) is 6.79. The third-order valence-electron chi connectivity index (χ3n) is 3.40. The highest BCUT2D eigenvalue weighted by molar-refractivity contribution is 6.29. The lowest BCUT2D eigenvalue weighted by atomic mass is 10.2. The van der Waals surface area contributed by atoms with Crippen molar-refractivity contribution >= 4 is 28.2 Å². The van der Waals surface area contributed by atoms with Gasteiger partial charge in [-0.25, -0.2) is 14.4 Å². The molecule has 0 saturated heterocycles. The van der Waals surface area contributed by atoms with Gasteiger partial charge in [0.05, 0.1) is 11.2 Å². The summed E-state index contributed by atoms with van der Waals surface area (Å²) in [6.45, 7) is 0. The monoisotopic (exact) mass is 297 g/mol. The van der Waals surface area contributed by atoms with Crippen LogP contribution in [0.4, 0.5) is 4.39 Å². The van der Waals surface area contributed by atoms with Crippen molar-refractivity contribution in [3.05, 3.63) is 65.8 Å². The first-order valence-electron chi connectivity index (χ1n) is 6.42. The van der Waals surface area contributed by atoms with Crippen molar-refractivity contribution in [3.8, 4) is 11.3 Å². The van der Waals surface area contributed by atoms with Crippen LogP contribution in [0.15, 0.2) is 54.7 Å². The summed E-state index contributed by atoms with van der Waals surface area (Å²) in [6, 6.07) is 13.9. The average Bonchev–Trinajstić information content (AvgIpc) is 2.94. The van der Waals surface area contributed by atoms with Gasteiger partial charge < -0.3 is 0 Å². The first-order chi connectivity index (χ1) is 10.2. The Kier molecular flexibility index (Phi) is 2.65. The van der Waals surface area contributed by atoms with Gasteiger partial charge in [0.25, 0.3) is 0 Å². The molecule has 0 saturated carbocycles. The summed E-state index contributed by atoms with van der Waals surface area (Å²) in [7, 11) is 0. The van der Waals surface area contributed by atoms with E-state index in [4.69, 9.17) is 11.6 Å². The molecule has 102 valence electrons. The van der Waals surface area contributed by atoms with Crippen LogP contribution >= 0.6 is 11.6 Å². The average molecular weight is 298 g/mol. The van der Waals surface area contributed by atoms with Crippen molar-refractivity contribution in [1.29, 1.82) is 0 Å². The Morgan fingerprint density at radius 1 is 0.952 bits per heavy atom. The summed E-state index contributed by atoms with van der Waals surface area (Å²) in [4.78, 5) is 8.97. The van der Waals surface area contributed by atoms with E-state index >= 15 is 0 Å². The van der Waals surface area contributed by atoms with Gasteiger partial charge in [-0.15, -0.1) is 0 Å². The minimum absolute atomic E-state index is 0.271. The standard InChI is InChI=1S/C16H9ClFN3/c17-16-20-13-4-2-1-3-12(13)15-19-14(9-21(15)16)10-5-7-11(18)8-6-10/h1-9H. The maximum atomic E-state index is 13.0. The Morgan fingerprint density at radius 2 is 1.71 bits per heavy atom. The molecule has 2 aromatic heterocycles. The lowest BCUT2D eigenvalue weighted by Crippen LogP contribution is -1.91. The number of imidazole rings is 1. The van der Waals surface area contributed by atoms with E-state index in [-0.39, 0.29) is 5.82 Å². The molecule has 0 N–H and O–H groups in total. The van der Waals surface area contributed by atoms with Crippen LogP contribution in [0.3, 0.4) is 0 Å². The molecule has 21 heavy (non-hydrogen) atoms. The van der Waals surface area contributed by atoms with Crippen molar-refractivity contribution in [3.63, 3.8) is 0 Å². The number of aromatic nitrogens is 3. The Morgan fingerprint density at radius 3 is 2.52 bits per heavy atom. The molecule has 0 aliphatic carbocycles. The van der Waals surface area contributed by atoms with Gasteiger partial charge >= 0.3 is 0 Å². The lowest BCUT2D eigenvalue weighted by Gasteiger charge is -2.01. The quantitative estimate of drug-likeness (QED) is 0.489. The van der Waals surface area contributed by atoms with Gasteiger partial charge in [0.1, 0.15) is 11.5 Å². The summed E-state index contributed by atoms with van der Waals surface area (Å²) < 4.78 is 14.8. The number of para-hydroxylation sites is 1. The number of benzene rings is 2. The SMILES string of the molecule is Fc1ccc(-c2cn3c(Cl)nc4ccccc4c3n2)cc1. The molecular weight excluding hydrogens is 289 g/mol. The fourth-order valence-electron chi connectivity index (χ4n) is 2.38. The second-order valence-electron chi connectivity index (χ2n) is 4.72. The molecule has 0 fully saturated rings. The summed E-state index contributed by atoms with van der Waals surface area (Å²) in [5.74, 6) is -0.271. The van der Waals surface area contributed by atoms with E-state index in [1.165, 1.54) is 12.1 Å². The molecule has 0 aliphatic heterocycles. The van der Waals surface area contributed by atoms with Crippen molar-refractivity contribution in [2.75, 3.05) is 0 Å². The van der Waals surface area contributed by atoms with Gasteiger partial charge in [-0.1, -0.05) is 12.1 Å². The number of nitrogens with zero attached hydrogens (tertiary/aromatic N) is 3. The second-order valence-corrected chi connectivity index (χ2v) is 5.06. The van der Waals surface area contributed by atoms with Crippen LogP contribution in [-0.2, 0) is 0 Å². The van der Waals surface area contributed by atoms with Crippen molar-refractivity contribution in [1.82, 2.24) is 14.4 Å². The van der Waals surface area contributed by atoms with Crippen molar-refractivity contribution < 1.29 is 4.39 Å². The topological polar surface area (TPSA) is 30.2 Å². The zero-order valence-electron chi connectivity index (χ0n) is 10.8. The molecule has 0 atom stereocenters. The van der Waals surface area contributed by atoms with Gasteiger partial charge in [0.15, 0.2) is 0 Å². The Balaban J connectivity index is 2.03. The fraction of sp³-hybridized carbons (Fsp3) is 0. The molecule has 0 spiro atoms. The number of halogens is 2. The molecule has 2 aromatic carbocycles. The molecule has 3 nitrogen and oxygen atoms in total.